The fraction of sp³-hybridized carbons (Fsp3) is 0.619. The fourth-order valence-electron chi connectivity index (χ4n) is 5.05. The molecule has 27 heavy (non-hydrogen) atoms. The van der Waals surface area contributed by atoms with Crippen molar-refractivity contribution in [1.82, 2.24) is 19.9 Å². The quantitative estimate of drug-likeness (QED) is 0.831. The van der Waals surface area contributed by atoms with Crippen LogP contribution in [-0.2, 0) is 11.3 Å². The Bertz CT molecular complexity index is 812. The molecule has 0 N–H and O–H groups in total. The summed E-state index contributed by atoms with van der Waals surface area (Å²) in [5, 5.41) is 8.74. The molecular weight excluding hydrogens is 338 g/mol. The summed E-state index contributed by atoms with van der Waals surface area (Å²) in [6.45, 7) is 8.72. The molecule has 5 rings (SSSR count). The SMILES string of the molecule is Cc1cc(N2CC3(CN(C)C3)C2)ccc1-c1cn(CC2CCCCO2)nn1. The molecule has 1 spiro atoms. The standard InChI is InChI=1S/C21H29N5O/c1-16-9-17(25-14-21(15-25)12-24(2)13-21)6-7-19(16)20-11-26(23-22-20)10-18-5-3-4-8-27-18/h6-7,9,11,18H,3-5,8,10,12-15H2,1-2H3. The normalized spacial score (nSPS) is 24.7. The van der Waals surface area contributed by atoms with Gasteiger partial charge in [-0.3, -0.25) is 0 Å². The maximum absolute atomic E-state index is 5.82. The molecule has 1 aromatic carbocycles. The first-order chi connectivity index (χ1) is 13.1. The van der Waals surface area contributed by atoms with Gasteiger partial charge in [0.2, 0.25) is 0 Å². The molecule has 3 aliphatic heterocycles. The van der Waals surface area contributed by atoms with Crippen LogP contribution in [0.2, 0.25) is 0 Å². The summed E-state index contributed by atoms with van der Waals surface area (Å²) in [5.74, 6) is 0. The lowest BCUT2D eigenvalue weighted by molar-refractivity contribution is -0.00239. The van der Waals surface area contributed by atoms with Gasteiger partial charge in [-0.25, -0.2) is 4.68 Å². The van der Waals surface area contributed by atoms with E-state index >= 15 is 0 Å². The molecule has 0 bridgehead atoms. The number of hydrogen-bond donors (Lipinski definition) is 0. The van der Waals surface area contributed by atoms with E-state index in [-0.39, 0.29) is 6.10 Å². The third-order valence-electron chi connectivity index (χ3n) is 6.32. The molecule has 0 amide bonds. The van der Waals surface area contributed by atoms with Crippen molar-refractivity contribution in [3.05, 3.63) is 30.0 Å². The van der Waals surface area contributed by atoms with E-state index in [0.29, 0.717) is 5.41 Å². The van der Waals surface area contributed by atoms with E-state index in [2.05, 4.69) is 58.5 Å². The van der Waals surface area contributed by atoms with Gasteiger partial charge in [0.15, 0.2) is 0 Å². The zero-order valence-electron chi connectivity index (χ0n) is 16.4. The average molecular weight is 367 g/mol. The second-order valence-corrected chi connectivity index (χ2v) is 8.84. The Hall–Kier alpha value is -1.92. The van der Waals surface area contributed by atoms with Crippen LogP contribution in [0.3, 0.4) is 0 Å². The van der Waals surface area contributed by atoms with Crippen molar-refractivity contribution in [3.8, 4) is 11.3 Å². The fourth-order valence-corrected chi connectivity index (χ4v) is 5.05. The molecule has 2 aromatic rings. The van der Waals surface area contributed by atoms with Crippen LogP contribution < -0.4 is 4.90 Å². The van der Waals surface area contributed by atoms with Gasteiger partial charge in [-0.1, -0.05) is 11.3 Å². The molecule has 0 saturated carbocycles. The van der Waals surface area contributed by atoms with E-state index in [0.717, 1.165) is 25.3 Å². The number of likely N-dealkylation sites (tertiary alicyclic amines) is 1. The van der Waals surface area contributed by atoms with Gasteiger partial charge in [0, 0.05) is 49.5 Å². The van der Waals surface area contributed by atoms with Crippen LogP contribution in [0.5, 0.6) is 0 Å². The molecule has 1 atom stereocenters. The minimum absolute atomic E-state index is 0.279. The number of anilines is 1. The summed E-state index contributed by atoms with van der Waals surface area (Å²) in [5.41, 5.74) is 5.29. The number of aromatic nitrogens is 3. The Kier molecular flexibility index (Phi) is 4.20. The maximum atomic E-state index is 5.82. The Balaban J connectivity index is 1.26. The van der Waals surface area contributed by atoms with E-state index in [1.54, 1.807) is 0 Å². The molecule has 0 radical (unpaired) electrons. The van der Waals surface area contributed by atoms with Gasteiger partial charge in [0.1, 0.15) is 5.69 Å². The molecule has 6 heteroatoms. The number of nitrogens with zero attached hydrogens (tertiary/aromatic N) is 5. The largest absolute Gasteiger partial charge is 0.376 e. The van der Waals surface area contributed by atoms with Crippen molar-refractivity contribution in [2.24, 2.45) is 5.41 Å². The summed E-state index contributed by atoms with van der Waals surface area (Å²) in [6, 6.07) is 6.74. The van der Waals surface area contributed by atoms with Crippen molar-refractivity contribution >= 4 is 5.69 Å². The van der Waals surface area contributed by atoms with Gasteiger partial charge in [-0.15, -0.1) is 5.10 Å². The third-order valence-corrected chi connectivity index (χ3v) is 6.32. The Morgan fingerprint density at radius 3 is 2.74 bits per heavy atom. The Morgan fingerprint density at radius 1 is 1.19 bits per heavy atom. The van der Waals surface area contributed by atoms with Crippen molar-refractivity contribution in [2.45, 2.75) is 38.8 Å². The lowest BCUT2D eigenvalue weighted by Crippen LogP contribution is -2.71. The first-order valence-electron chi connectivity index (χ1n) is 10.2. The van der Waals surface area contributed by atoms with Crippen molar-refractivity contribution in [1.29, 1.82) is 0 Å². The molecule has 0 aliphatic carbocycles. The van der Waals surface area contributed by atoms with Crippen LogP contribution in [0, 0.1) is 12.3 Å². The highest BCUT2D eigenvalue weighted by atomic mass is 16.5. The second-order valence-electron chi connectivity index (χ2n) is 8.84. The first kappa shape index (κ1) is 17.2. The predicted octanol–water partition coefficient (Wildman–Crippen LogP) is 2.57. The third kappa shape index (κ3) is 3.25. The monoisotopic (exact) mass is 367 g/mol. The molecule has 3 aliphatic rings. The number of aryl methyl sites for hydroxylation is 1. The average Bonchev–Trinajstić information content (AvgIpc) is 3.06. The topological polar surface area (TPSA) is 46.4 Å². The summed E-state index contributed by atoms with van der Waals surface area (Å²) in [4.78, 5) is 4.91. The van der Waals surface area contributed by atoms with Crippen LogP contribution in [0.15, 0.2) is 24.4 Å². The number of hydrogen-bond acceptors (Lipinski definition) is 5. The van der Waals surface area contributed by atoms with Crippen LogP contribution in [0.1, 0.15) is 24.8 Å². The molecule has 144 valence electrons. The van der Waals surface area contributed by atoms with Crippen LogP contribution >= 0.6 is 0 Å². The molecule has 3 saturated heterocycles. The van der Waals surface area contributed by atoms with Crippen LogP contribution in [-0.4, -0.2) is 65.8 Å². The van der Waals surface area contributed by atoms with Crippen molar-refractivity contribution in [2.75, 3.05) is 44.7 Å². The molecule has 6 nitrogen and oxygen atoms in total. The van der Waals surface area contributed by atoms with E-state index in [9.17, 15) is 0 Å². The van der Waals surface area contributed by atoms with E-state index in [4.69, 9.17) is 4.74 Å². The highest BCUT2D eigenvalue weighted by Gasteiger charge is 2.50. The van der Waals surface area contributed by atoms with E-state index in [1.807, 2.05) is 4.68 Å². The van der Waals surface area contributed by atoms with Gasteiger partial charge in [0.05, 0.1) is 18.8 Å². The van der Waals surface area contributed by atoms with Gasteiger partial charge < -0.3 is 14.5 Å². The Morgan fingerprint density at radius 2 is 2.04 bits per heavy atom. The van der Waals surface area contributed by atoms with Crippen LogP contribution in [0.4, 0.5) is 5.69 Å². The molecular formula is C21H29N5O. The smallest absolute Gasteiger partial charge is 0.113 e. The number of ether oxygens (including phenoxy) is 1. The lowest BCUT2D eigenvalue weighted by Gasteiger charge is -2.60. The van der Waals surface area contributed by atoms with Crippen LogP contribution in [0.25, 0.3) is 11.3 Å². The molecule has 1 unspecified atom stereocenters. The minimum atomic E-state index is 0.279. The molecule has 3 fully saturated rings. The van der Waals surface area contributed by atoms with Gasteiger partial charge >= 0.3 is 0 Å². The highest BCUT2D eigenvalue weighted by molar-refractivity contribution is 5.67. The van der Waals surface area contributed by atoms with Crippen molar-refractivity contribution < 1.29 is 4.74 Å². The Labute approximate surface area is 161 Å². The summed E-state index contributed by atoms with van der Waals surface area (Å²) < 4.78 is 7.76. The zero-order chi connectivity index (χ0) is 18.4. The van der Waals surface area contributed by atoms with Crippen molar-refractivity contribution in [3.63, 3.8) is 0 Å². The lowest BCUT2D eigenvalue weighted by atomic mass is 9.73. The first-order valence-corrected chi connectivity index (χ1v) is 10.2. The summed E-state index contributed by atoms with van der Waals surface area (Å²) >= 11 is 0. The molecule has 4 heterocycles. The summed E-state index contributed by atoms with van der Waals surface area (Å²) in [7, 11) is 2.21. The van der Waals surface area contributed by atoms with Gasteiger partial charge in [-0.2, -0.15) is 0 Å². The van der Waals surface area contributed by atoms with Gasteiger partial charge in [0.25, 0.3) is 0 Å². The van der Waals surface area contributed by atoms with E-state index in [1.165, 1.54) is 55.8 Å². The summed E-state index contributed by atoms with van der Waals surface area (Å²) in [6.07, 6.45) is 5.89. The highest BCUT2D eigenvalue weighted by Crippen LogP contribution is 2.41. The van der Waals surface area contributed by atoms with E-state index < -0.39 is 0 Å². The maximum Gasteiger partial charge on any atom is 0.113 e. The van der Waals surface area contributed by atoms with Gasteiger partial charge in [-0.05, 0) is 50.9 Å². The minimum Gasteiger partial charge on any atom is -0.376 e. The predicted molar refractivity (Wildman–Crippen MR) is 106 cm³/mol. The molecule has 1 aromatic heterocycles. The number of rotatable bonds is 4. The second kappa shape index (κ2) is 6.60. The zero-order valence-corrected chi connectivity index (χ0v) is 16.4. The number of benzene rings is 1.